The highest BCUT2D eigenvalue weighted by Gasteiger charge is 2.10. The fraction of sp³-hybridized carbons (Fsp3) is 0.222. The number of amides is 2. The van der Waals surface area contributed by atoms with Crippen molar-refractivity contribution < 1.29 is 19.1 Å². The Morgan fingerprint density at radius 3 is 1.94 bits per heavy atom. The van der Waals surface area contributed by atoms with Crippen molar-refractivity contribution in [2.75, 3.05) is 6.61 Å². The van der Waals surface area contributed by atoms with E-state index in [0.717, 1.165) is 12.0 Å². The minimum atomic E-state index is -0.404. The third-order valence-electron chi connectivity index (χ3n) is 4.96. The lowest BCUT2D eigenvalue weighted by Crippen LogP contribution is -2.48. The van der Waals surface area contributed by atoms with Gasteiger partial charge in [0.2, 0.25) is 0 Å². The Balaban J connectivity index is 1.40. The van der Waals surface area contributed by atoms with Crippen molar-refractivity contribution in [2.24, 2.45) is 5.92 Å². The summed E-state index contributed by atoms with van der Waals surface area (Å²) in [6.07, 6.45) is 0.958. The van der Waals surface area contributed by atoms with Crippen LogP contribution in [0.1, 0.15) is 46.5 Å². The third-order valence-corrected chi connectivity index (χ3v) is 5.17. The van der Waals surface area contributed by atoms with Gasteiger partial charge in [0.1, 0.15) is 18.1 Å². The lowest BCUT2D eigenvalue weighted by molar-refractivity contribution is 0.0934. The van der Waals surface area contributed by atoms with E-state index in [1.165, 1.54) is 0 Å². The summed E-state index contributed by atoms with van der Waals surface area (Å²) < 4.78 is 11.4. The highest BCUT2D eigenvalue weighted by atomic mass is 32.1. The van der Waals surface area contributed by atoms with E-state index in [0.29, 0.717) is 41.8 Å². The van der Waals surface area contributed by atoms with Crippen LogP contribution >= 0.6 is 12.2 Å². The van der Waals surface area contributed by atoms with E-state index in [4.69, 9.17) is 21.7 Å². The Kier molecular flexibility index (Phi) is 9.62. The standard InChI is InChI=1S/C27H29N3O4S/c1-19(2)16-17-33-23-12-8-21(9-13-23)25(31)28-27(35)30-29-26(32)22-10-14-24(15-11-22)34-18-20-6-4-3-5-7-20/h3-15,19H,16-18H2,1-2H3,(H,29,32)(H2,28,30,31,35). The molecule has 0 saturated heterocycles. The van der Waals surface area contributed by atoms with Crippen LogP contribution in [0.2, 0.25) is 0 Å². The fourth-order valence-corrected chi connectivity index (χ4v) is 3.09. The van der Waals surface area contributed by atoms with Crippen LogP contribution in [0.15, 0.2) is 78.9 Å². The number of carbonyl (C=O) groups is 2. The number of hydrazine groups is 1. The molecule has 0 bridgehead atoms. The molecule has 3 aromatic carbocycles. The summed E-state index contributed by atoms with van der Waals surface area (Å²) in [6, 6.07) is 23.3. The van der Waals surface area contributed by atoms with Crippen molar-refractivity contribution in [1.82, 2.24) is 16.2 Å². The molecule has 0 atom stereocenters. The van der Waals surface area contributed by atoms with Gasteiger partial charge in [-0.25, -0.2) is 0 Å². The molecule has 0 spiro atoms. The Morgan fingerprint density at radius 2 is 1.34 bits per heavy atom. The summed E-state index contributed by atoms with van der Waals surface area (Å²) in [4.78, 5) is 24.7. The van der Waals surface area contributed by atoms with Crippen molar-refractivity contribution in [2.45, 2.75) is 26.9 Å². The molecule has 0 fully saturated rings. The van der Waals surface area contributed by atoms with Crippen LogP contribution in [0, 0.1) is 5.92 Å². The number of benzene rings is 3. The molecular weight excluding hydrogens is 462 g/mol. The highest BCUT2D eigenvalue weighted by molar-refractivity contribution is 7.80. The maximum Gasteiger partial charge on any atom is 0.269 e. The van der Waals surface area contributed by atoms with Crippen molar-refractivity contribution in [3.05, 3.63) is 95.6 Å². The third kappa shape index (κ3) is 8.75. The molecule has 182 valence electrons. The Hall–Kier alpha value is -3.91. The van der Waals surface area contributed by atoms with Gasteiger partial charge in [0.25, 0.3) is 11.8 Å². The Bertz CT molecular complexity index is 1120. The first-order valence-electron chi connectivity index (χ1n) is 11.3. The SMILES string of the molecule is CC(C)CCOc1ccc(C(=O)NC(=S)NNC(=O)c2ccc(OCc3ccccc3)cc2)cc1. The number of rotatable bonds is 9. The molecule has 0 heterocycles. The average Bonchev–Trinajstić information content (AvgIpc) is 2.87. The van der Waals surface area contributed by atoms with E-state index in [-0.39, 0.29) is 5.11 Å². The molecule has 35 heavy (non-hydrogen) atoms. The van der Waals surface area contributed by atoms with Crippen molar-refractivity contribution in [3.63, 3.8) is 0 Å². The molecule has 0 aliphatic carbocycles. The molecule has 0 aliphatic heterocycles. The first kappa shape index (κ1) is 25.7. The Morgan fingerprint density at radius 1 is 0.771 bits per heavy atom. The van der Waals surface area contributed by atoms with Gasteiger partial charge >= 0.3 is 0 Å². The molecule has 2 amide bonds. The minimum Gasteiger partial charge on any atom is -0.494 e. The number of carbonyl (C=O) groups excluding carboxylic acids is 2. The molecule has 0 radical (unpaired) electrons. The molecule has 0 unspecified atom stereocenters. The van der Waals surface area contributed by atoms with Crippen LogP contribution in [-0.4, -0.2) is 23.5 Å². The molecular formula is C27H29N3O4S. The topological polar surface area (TPSA) is 88.7 Å². The summed E-state index contributed by atoms with van der Waals surface area (Å²) in [6.45, 7) is 5.33. The maximum atomic E-state index is 12.4. The second-order valence-electron chi connectivity index (χ2n) is 8.22. The van der Waals surface area contributed by atoms with Gasteiger partial charge in [0.05, 0.1) is 6.61 Å². The first-order chi connectivity index (χ1) is 16.9. The molecule has 0 saturated carbocycles. The van der Waals surface area contributed by atoms with Gasteiger partial charge in [-0.15, -0.1) is 0 Å². The zero-order valence-electron chi connectivity index (χ0n) is 19.7. The normalized spacial score (nSPS) is 10.4. The Labute approximate surface area is 210 Å². The smallest absolute Gasteiger partial charge is 0.269 e. The summed E-state index contributed by atoms with van der Waals surface area (Å²) in [7, 11) is 0. The summed E-state index contributed by atoms with van der Waals surface area (Å²) >= 11 is 5.11. The molecule has 3 rings (SSSR count). The molecule has 3 N–H and O–H groups in total. The number of ether oxygens (including phenoxy) is 2. The van der Waals surface area contributed by atoms with E-state index in [1.807, 2.05) is 30.3 Å². The van der Waals surface area contributed by atoms with Crippen molar-refractivity contribution in [1.29, 1.82) is 0 Å². The number of thiocarbonyl (C=S) groups is 1. The maximum absolute atomic E-state index is 12.4. The van der Waals surface area contributed by atoms with Gasteiger partial charge in [0, 0.05) is 11.1 Å². The lowest BCUT2D eigenvalue weighted by atomic mass is 10.1. The second-order valence-corrected chi connectivity index (χ2v) is 8.62. The van der Waals surface area contributed by atoms with Gasteiger partial charge < -0.3 is 9.47 Å². The van der Waals surface area contributed by atoms with Crippen LogP contribution in [0.4, 0.5) is 0 Å². The van der Waals surface area contributed by atoms with Crippen LogP contribution in [0.25, 0.3) is 0 Å². The van der Waals surface area contributed by atoms with Crippen molar-refractivity contribution >= 4 is 29.1 Å². The quantitative estimate of drug-likeness (QED) is 0.299. The van der Waals surface area contributed by atoms with E-state index >= 15 is 0 Å². The summed E-state index contributed by atoms with van der Waals surface area (Å²) in [5.74, 6) is 1.11. The van der Waals surface area contributed by atoms with Gasteiger partial charge in [-0.1, -0.05) is 44.2 Å². The zero-order valence-corrected chi connectivity index (χ0v) is 20.6. The molecule has 0 aliphatic rings. The predicted molar refractivity (Wildman–Crippen MR) is 139 cm³/mol. The van der Waals surface area contributed by atoms with Crippen molar-refractivity contribution in [3.8, 4) is 11.5 Å². The summed E-state index contributed by atoms with van der Waals surface area (Å²) in [5, 5.41) is 2.50. The van der Waals surface area contributed by atoms with E-state index in [2.05, 4.69) is 30.0 Å². The predicted octanol–water partition coefficient (Wildman–Crippen LogP) is 4.64. The minimum absolute atomic E-state index is 0.0246. The van der Waals surface area contributed by atoms with Crippen LogP contribution in [-0.2, 0) is 6.61 Å². The van der Waals surface area contributed by atoms with Gasteiger partial charge in [0.15, 0.2) is 5.11 Å². The number of hydrogen-bond donors (Lipinski definition) is 3. The molecule has 3 aromatic rings. The van der Waals surface area contributed by atoms with Gasteiger partial charge in [-0.3, -0.25) is 25.8 Å². The molecule has 0 aromatic heterocycles. The summed E-state index contributed by atoms with van der Waals surface area (Å²) in [5.41, 5.74) is 6.89. The van der Waals surface area contributed by atoms with Crippen LogP contribution in [0.3, 0.4) is 0 Å². The number of hydrogen-bond acceptors (Lipinski definition) is 5. The first-order valence-corrected chi connectivity index (χ1v) is 11.7. The average molecular weight is 492 g/mol. The van der Waals surface area contributed by atoms with E-state index in [9.17, 15) is 9.59 Å². The molecule has 8 heteroatoms. The van der Waals surface area contributed by atoms with Crippen LogP contribution in [0.5, 0.6) is 11.5 Å². The van der Waals surface area contributed by atoms with Crippen LogP contribution < -0.4 is 25.6 Å². The monoisotopic (exact) mass is 491 g/mol. The number of nitrogens with one attached hydrogen (secondary N) is 3. The largest absolute Gasteiger partial charge is 0.494 e. The van der Waals surface area contributed by atoms with E-state index < -0.39 is 11.8 Å². The van der Waals surface area contributed by atoms with E-state index in [1.54, 1.807) is 48.5 Å². The van der Waals surface area contributed by atoms with Gasteiger partial charge in [-0.05, 0) is 78.7 Å². The lowest BCUT2D eigenvalue weighted by Gasteiger charge is -2.12. The molecule has 7 nitrogen and oxygen atoms in total. The fourth-order valence-electron chi connectivity index (χ4n) is 2.95. The highest BCUT2D eigenvalue weighted by Crippen LogP contribution is 2.15. The zero-order chi connectivity index (χ0) is 25.0. The van der Waals surface area contributed by atoms with Gasteiger partial charge in [-0.2, -0.15) is 0 Å². The second kappa shape index (κ2) is 13.1.